The Kier molecular flexibility index (Phi) is 4.47. The van der Waals surface area contributed by atoms with Gasteiger partial charge in [-0.15, -0.1) is 0 Å². The predicted molar refractivity (Wildman–Crippen MR) is 43.5 cm³/mol. The highest BCUT2D eigenvalue weighted by Gasteiger charge is 1.96. The number of rotatable bonds is 3. The van der Waals surface area contributed by atoms with Gasteiger partial charge in [0, 0.05) is 0 Å². The minimum Gasteiger partial charge on any atom is -0.0854 e. The number of hydrogen-bond acceptors (Lipinski definition) is 0. The smallest absolute Gasteiger partial charge is 0.0260 e. The molecule has 54 valence electrons. The van der Waals surface area contributed by atoms with Crippen molar-refractivity contribution in [2.24, 2.45) is 5.92 Å². The Morgan fingerprint density at radius 1 is 1.33 bits per heavy atom. The number of hydrogen-bond donors (Lipinski definition) is 0. The third-order valence-corrected chi connectivity index (χ3v) is 1.62. The molecule has 0 heterocycles. The van der Waals surface area contributed by atoms with E-state index >= 15 is 0 Å². The molecule has 0 aliphatic carbocycles. The van der Waals surface area contributed by atoms with Gasteiger partial charge in [-0.1, -0.05) is 39.3 Å². The van der Waals surface area contributed by atoms with Gasteiger partial charge in [-0.3, -0.25) is 0 Å². The van der Waals surface area contributed by atoms with Crippen molar-refractivity contribution in [2.45, 2.75) is 40.5 Å². The largest absolute Gasteiger partial charge is 0.0854 e. The van der Waals surface area contributed by atoms with Gasteiger partial charge in [0.2, 0.25) is 0 Å². The van der Waals surface area contributed by atoms with Crippen LogP contribution in [-0.2, 0) is 0 Å². The molecule has 0 amide bonds. The zero-order valence-electron chi connectivity index (χ0n) is 7.07. The summed E-state index contributed by atoms with van der Waals surface area (Å²) in [4.78, 5) is 0. The molecule has 0 nitrogen and oxygen atoms in total. The quantitative estimate of drug-likeness (QED) is 0.508. The first-order valence-electron chi connectivity index (χ1n) is 3.91. The van der Waals surface area contributed by atoms with Crippen LogP contribution in [0, 0.1) is 5.92 Å². The molecule has 0 N–H and O–H groups in total. The first-order valence-corrected chi connectivity index (χ1v) is 3.91. The van der Waals surface area contributed by atoms with Crippen molar-refractivity contribution < 1.29 is 0 Å². The molecule has 9 heavy (non-hydrogen) atoms. The molecule has 0 rings (SSSR count). The third-order valence-electron chi connectivity index (χ3n) is 1.62. The van der Waals surface area contributed by atoms with Crippen molar-refractivity contribution in [3.63, 3.8) is 0 Å². The second kappa shape index (κ2) is 4.60. The molecule has 0 saturated carbocycles. The zero-order chi connectivity index (χ0) is 7.28. The van der Waals surface area contributed by atoms with E-state index in [2.05, 4.69) is 33.8 Å². The molecule has 0 atom stereocenters. The van der Waals surface area contributed by atoms with Crippen LogP contribution in [0.2, 0.25) is 0 Å². The van der Waals surface area contributed by atoms with Crippen LogP contribution in [0.15, 0.2) is 11.6 Å². The Bertz CT molecular complexity index is 88.2. The number of allylic oxidation sites excluding steroid dienone is 2. The van der Waals surface area contributed by atoms with Crippen molar-refractivity contribution in [1.82, 2.24) is 0 Å². The topological polar surface area (TPSA) is 0 Å². The summed E-state index contributed by atoms with van der Waals surface area (Å²) in [6.07, 6.45) is 4.73. The van der Waals surface area contributed by atoms with Gasteiger partial charge in [0.15, 0.2) is 0 Å². The van der Waals surface area contributed by atoms with Crippen LogP contribution >= 0.6 is 0 Å². The van der Waals surface area contributed by atoms with E-state index in [0.29, 0.717) is 0 Å². The average Bonchev–Trinajstić information content (AvgIpc) is 1.82. The molecule has 0 aromatic heterocycles. The SMILES string of the molecule is CCC=C(CC)C(C)C. The fourth-order valence-corrected chi connectivity index (χ4v) is 1.05. The summed E-state index contributed by atoms with van der Waals surface area (Å²) in [5, 5.41) is 0. The van der Waals surface area contributed by atoms with E-state index in [4.69, 9.17) is 0 Å². The molecule has 0 unspecified atom stereocenters. The van der Waals surface area contributed by atoms with Crippen LogP contribution in [0.3, 0.4) is 0 Å². The minimum atomic E-state index is 0.745. The lowest BCUT2D eigenvalue weighted by Crippen LogP contribution is -1.91. The summed E-state index contributed by atoms with van der Waals surface area (Å²) >= 11 is 0. The molecule has 0 radical (unpaired) electrons. The van der Waals surface area contributed by atoms with E-state index in [1.807, 2.05) is 0 Å². The average molecular weight is 126 g/mol. The summed E-state index contributed by atoms with van der Waals surface area (Å²) in [7, 11) is 0. The summed E-state index contributed by atoms with van der Waals surface area (Å²) in [6.45, 7) is 8.93. The van der Waals surface area contributed by atoms with Gasteiger partial charge < -0.3 is 0 Å². The highest BCUT2D eigenvalue weighted by atomic mass is 14.0. The Hall–Kier alpha value is -0.260. The molecule has 0 fully saturated rings. The predicted octanol–water partition coefficient (Wildman–Crippen LogP) is 3.39. The lowest BCUT2D eigenvalue weighted by Gasteiger charge is -2.06. The molecule has 0 spiro atoms. The standard InChI is InChI=1S/C9H18/c1-5-7-9(6-2)8(3)4/h7-8H,5-6H2,1-4H3. The maximum Gasteiger partial charge on any atom is -0.0260 e. The van der Waals surface area contributed by atoms with Crippen molar-refractivity contribution >= 4 is 0 Å². The van der Waals surface area contributed by atoms with Crippen LogP contribution < -0.4 is 0 Å². The molecule has 0 aromatic carbocycles. The molecular weight excluding hydrogens is 108 g/mol. The summed E-state index contributed by atoms with van der Waals surface area (Å²) in [5.74, 6) is 0.745. The fraction of sp³-hybridized carbons (Fsp3) is 0.778. The van der Waals surface area contributed by atoms with E-state index < -0.39 is 0 Å². The summed E-state index contributed by atoms with van der Waals surface area (Å²) in [6, 6.07) is 0. The molecule has 0 bridgehead atoms. The van der Waals surface area contributed by atoms with Gasteiger partial charge in [-0.05, 0) is 18.8 Å². The molecule has 0 aliphatic rings. The Balaban J connectivity index is 3.81. The maximum atomic E-state index is 2.34. The van der Waals surface area contributed by atoms with Gasteiger partial charge in [0.1, 0.15) is 0 Å². The van der Waals surface area contributed by atoms with E-state index in [-0.39, 0.29) is 0 Å². The van der Waals surface area contributed by atoms with Gasteiger partial charge in [-0.2, -0.15) is 0 Å². The second-order valence-electron chi connectivity index (χ2n) is 2.70. The third kappa shape index (κ3) is 3.34. The van der Waals surface area contributed by atoms with Crippen molar-refractivity contribution in [3.8, 4) is 0 Å². The monoisotopic (exact) mass is 126 g/mol. The van der Waals surface area contributed by atoms with E-state index in [9.17, 15) is 0 Å². The highest BCUT2D eigenvalue weighted by Crippen LogP contribution is 2.13. The summed E-state index contributed by atoms with van der Waals surface area (Å²) < 4.78 is 0. The fourth-order valence-electron chi connectivity index (χ4n) is 1.05. The van der Waals surface area contributed by atoms with Crippen LogP contribution in [0.1, 0.15) is 40.5 Å². The van der Waals surface area contributed by atoms with Crippen molar-refractivity contribution in [3.05, 3.63) is 11.6 Å². The molecular formula is C9H18. The van der Waals surface area contributed by atoms with Gasteiger partial charge in [-0.25, -0.2) is 0 Å². The first-order chi connectivity index (χ1) is 4.22. The second-order valence-corrected chi connectivity index (χ2v) is 2.70. The minimum absolute atomic E-state index is 0.745. The van der Waals surface area contributed by atoms with Gasteiger partial charge in [0.25, 0.3) is 0 Å². The van der Waals surface area contributed by atoms with Crippen LogP contribution in [0.25, 0.3) is 0 Å². The van der Waals surface area contributed by atoms with Crippen LogP contribution in [0.4, 0.5) is 0 Å². The van der Waals surface area contributed by atoms with Gasteiger partial charge in [0.05, 0.1) is 0 Å². The maximum absolute atomic E-state index is 2.34. The molecule has 0 heteroatoms. The molecule has 0 saturated heterocycles. The normalized spacial score (nSPS) is 12.8. The first kappa shape index (κ1) is 8.74. The zero-order valence-corrected chi connectivity index (χ0v) is 7.07. The van der Waals surface area contributed by atoms with Crippen LogP contribution in [0.5, 0.6) is 0 Å². The molecule has 0 aromatic rings. The Morgan fingerprint density at radius 2 is 1.89 bits per heavy atom. The molecule has 0 aliphatic heterocycles. The Morgan fingerprint density at radius 3 is 2.00 bits per heavy atom. The van der Waals surface area contributed by atoms with Crippen molar-refractivity contribution in [1.29, 1.82) is 0 Å². The van der Waals surface area contributed by atoms with E-state index in [0.717, 1.165) is 5.92 Å². The lowest BCUT2D eigenvalue weighted by molar-refractivity contribution is 0.725. The highest BCUT2D eigenvalue weighted by molar-refractivity contribution is 5.03. The summed E-state index contributed by atoms with van der Waals surface area (Å²) in [5.41, 5.74) is 1.59. The van der Waals surface area contributed by atoms with E-state index in [1.165, 1.54) is 12.8 Å². The van der Waals surface area contributed by atoms with Crippen LogP contribution in [-0.4, -0.2) is 0 Å². The lowest BCUT2D eigenvalue weighted by atomic mass is 10.0. The van der Waals surface area contributed by atoms with Crippen molar-refractivity contribution in [2.75, 3.05) is 0 Å². The van der Waals surface area contributed by atoms with E-state index in [1.54, 1.807) is 5.57 Å². The van der Waals surface area contributed by atoms with Gasteiger partial charge >= 0.3 is 0 Å². The Labute approximate surface area is 59.0 Å².